The van der Waals surface area contributed by atoms with E-state index in [1.54, 1.807) is 0 Å². The van der Waals surface area contributed by atoms with E-state index in [9.17, 15) is 9.59 Å². The molecule has 0 aliphatic carbocycles. The molecule has 5 nitrogen and oxygen atoms in total. The third kappa shape index (κ3) is 7.84. The van der Waals surface area contributed by atoms with Gasteiger partial charge in [-0.1, -0.05) is 19.9 Å². The first-order valence-electron chi connectivity index (χ1n) is 6.41. The minimum Gasteiger partial charge on any atom is -0.389 e. The first-order chi connectivity index (χ1) is 8.51. The fourth-order valence-electron chi connectivity index (χ4n) is 1.53. The summed E-state index contributed by atoms with van der Waals surface area (Å²) < 4.78 is 0. The van der Waals surface area contributed by atoms with Crippen molar-refractivity contribution in [2.24, 2.45) is 5.73 Å². The average molecular weight is 255 g/mol. The van der Waals surface area contributed by atoms with Crippen LogP contribution < -0.4 is 16.4 Å². The van der Waals surface area contributed by atoms with Crippen LogP contribution >= 0.6 is 0 Å². The van der Waals surface area contributed by atoms with E-state index < -0.39 is 12.1 Å². The zero-order valence-corrected chi connectivity index (χ0v) is 11.4. The molecule has 0 spiro atoms. The van der Waals surface area contributed by atoms with E-state index in [4.69, 9.17) is 5.73 Å². The molecule has 0 rings (SSSR count). The third-order valence-electron chi connectivity index (χ3n) is 2.55. The molecule has 0 fully saturated rings. The highest BCUT2D eigenvalue weighted by atomic mass is 16.2. The number of hydrogen-bond donors (Lipinski definition) is 3. The Morgan fingerprint density at radius 2 is 2.11 bits per heavy atom. The summed E-state index contributed by atoms with van der Waals surface area (Å²) in [7, 11) is 0. The Bertz CT molecular complexity index is 279. The molecule has 0 aliphatic heterocycles. The number of carbonyl (C=O) groups is 2. The minimum absolute atomic E-state index is 0.254. The van der Waals surface area contributed by atoms with Crippen LogP contribution in [0.3, 0.4) is 0 Å². The van der Waals surface area contributed by atoms with Crippen molar-refractivity contribution in [3.63, 3.8) is 0 Å². The quantitative estimate of drug-likeness (QED) is 0.396. The Hall–Kier alpha value is -1.36. The lowest BCUT2D eigenvalue weighted by Gasteiger charge is -2.16. The molecule has 1 unspecified atom stereocenters. The van der Waals surface area contributed by atoms with E-state index >= 15 is 0 Å². The van der Waals surface area contributed by atoms with Crippen LogP contribution in [0, 0.1) is 0 Å². The number of hydrogen-bond acceptors (Lipinski definition) is 4. The predicted molar refractivity (Wildman–Crippen MR) is 72.9 cm³/mol. The monoisotopic (exact) mass is 255 g/mol. The van der Waals surface area contributed by atoms with Gasteiger partial charge in [0.15, 0.2) is 0 Å². The lowest BCUT2D eigenvalue weighted by atomic mass is 10.1. The van der Waals surface area contributed by atoms with Crippen molar-refractivity contribution in [3.05, 3.63) is 12.3 Å². The molecule has 2 atom stereocenters. The maximum atomic E-state index is 11.7. The van der Waals surface area contributed by atoms with E-state index in [0.29, 0.717) is 12.8 Å². The second kappa shape index (κ2) is 9.65. The van der Waals surface area contributed by atoms with Gasteiger partial charge in [0.1, 0.15) is 6.29 Å². The molecule has 0 saturated carbocycles. The number of nitrogens with two attached hydrogens (primary N) is 1. The molecule has 0 aromatic carbocycles. The predicted octanol–water partition coefficient (Wildman–Crippen LogP) is 0.701. The van der Waals surface area contributed by atoms with Crippen LogP contribution in [0.4, 0.5) is 0 Å². The van der Waals surface area contributed by atoms with E-state index in [1.807, 2.05) is 13.8 Å². The fraction of sp³-hybridized carbons (Fsp3) is 0.692. The highest BCUT2D eigenvalue weighted by molar-refractivity contribution is 5.84. The smallest absolute Gasteiger partial charge is 0.237 e. The lowest BCUT2D eigenvalue weighted by Crippen LogP contribution is -2.46. The Morgan fingerprint density at radius 1 is 1.44 bits per heavy atom. The van der Waals surface area contributed by atoms with Gasteiger partial charge in [-0.05, 0) is 26.2 Å². The van der Waals surface area contributed by atoms with E-state index in [1.165, 1.54) is 0 Å². The van der Waals surface area contributed by atoms with Gasteiger partial charge in [0.05, 0.1) is 12.1 Å². The molecular formula is C13H25N3O2. The van der Waals surface area contributed by atoms with Gasteiger partial charge in [0.25, 0.3) is 0 Å². The zero-order chi connectivity index (χ0) is 14.0. The van der Waals surface area contributed by atoms with Crippen molar-refractivity contribution in [1.82, 2.24) is 10.6 Å². The normalized spacial score (nSPS) is 13.5. The van der Waals surface area contributed by atoms with Gasteiger partial charge in [-0.15, -0.1) is 0 Å². The minimum atomic E-state index is -0.559. The van der Waals surface area contributed by atoms with Crippen molar-refractivity contribution >= 4 is 12.2 Å². The first-order valence-corrected chi connectivity index (χ1v) is 6.41. The Morgan fingerprint density at radius 3 is 2.61 bits per heavy atom. The molecule has 0 aliphatic rings. The maximum absolute atomic E-state index is 11.7. The number of carbonyl (C=O) groups excluding carboxylic acids is 2. The first kappa shape index (κ1) is 16.6. The third-order valence-corrected chi connectivity index (χ3v) is 2.55. The van der Waals surface area contributed by atoms with Crippen LogP contribution in [0.5, 0.6) is 0 Å². The zero-order valence-electron chi connectivity index (χ0n) is 11.4. The van der Waals surface area contributed by atoms with Gasteiger partial charge < -0.3 is 21.2 Å². The SMILES string of the molecule is C=C(C)NCCC[C@H](N)C(=O)NC(C=O)CCC. The largest absolute Gasteiger partial charge is 0.389 e. The molecule has 0 saturated heterocycles. The summed E-state index contributed by atoms with van der Waals surface area (Å²) in [5, 5.41) is 5.72. The second-order valence-corrected chi connectivity index (χ2v) is 4.50. The Balaban J connectivity index is 3.87. The Kier molecular flexibility index (Phi) is 8.92. The summed E-state index contributed by atoms with van der Waals surface area (Å²) in [5.74, 6) is -0.254. The van der Waals surface area contributed by atoms with Crippen LogP contribution in [0.15, 0.2) is 12.3 Å². The highest BCUT2D eigenvalue weighted by Gasteiger charge is 2.16. The average Bonchev–Trinajstić information content (AvgIpc) is 2.33. The standard InChI is InChI=1S/C13H25N3O2/c1-4-6-11(9-17)16-13(18)12(14)7-5-8-15-10(2)3/h9,11-12,15H,2,4-8,14H2,1,3H3,(H,16,18)/t11?,12-/m0/s1. The lowest BCUT2D eigenvalue weighted by molar-refractivity contribution is -0.125. The van der Waals surface area contributed by atoms with Crippen molar-refractivity contribution < 1.29 is 9.59 Å². The number of aldehydes is 1. The number of amides is 1. The van der Waals surface area contributed by atoms with Crippen molar-refractivity contribution in [1.29, 1.82) is 0 Å². The molecule has 104 valence electrons. The van der Waals surface area contributed by atoms with Crippen molar-refractivity contribution in [3.8, 4) is 0 Å². The maximum Gasteiger partial charge on any atom is 0.237 e. The van der Waals surface area contributed by atoms with Crippen LogP contribution in [0.1, 0.15) is 39.5 Å². The fourth-order valence-corrected chi connectivity index (χ4v) is 1.53. The van der Waals surface area contributed by atoms with E-state index in [-0.39, 0.29) is 5.91 Å². The molecule has 0 aromatic rings. The van der Waals surface area contributed by atoms with Crippen LogP contribution in [0.2, 0.25) is 0 Å². The molecule has 0 aromatic heterocycles. The molecule has 0 radical (unpaired) electrons. The number of nitrogens with one attached hydrogen (secondary N) is 2. The van der Waals surface area contributed by atoms with Crippen LogP contribution in [-0.2, 0) is 9.59 Å². The summed E-state index contributed by atoms with van der Waals surface area (Å²) in [6.45, 7) is 8.31. The van der Waals surface area contributed by atoms with E-state index in [2.05, 4.69) is 17.2 Å². The summed E-state index contributed by atoms with van der Waals surface area (Å²) in [6, 6.07) is -0.974. The summed E-state index contributed by atoms with van der Waals surface area (Å²) in [4.78, 5) is 22.4. The topological polar surface area (TPSA) is 84.2 Å². The molecule has 18 heavy (non-hydrogen) atoms. The van der Waals surface area contributed by atoms with Crippen LogP contribution in [0.25, 0.3) is 0 Å². The van der Waals surface area contributed by atoms with Gasteiger partial charge in [0, 0.05) is 12.2 Å². The molecule has 1 amide bonds. The van der Waals surface area contributed by atoms with Crippen molar-refractivity contribution in [2.75, 3.05) is 6.54 Å². The molecule has 0 heterocycles. The molecule has 5 heteroatoms. The number of rotatable bonds is 10. The van der Waals surface area contributed by atoms with Crippen LogP contribution in [-0.4, -0.2) is 30.8 Å². The van der Waals surface area contributed by atoms with Gasteiger partial charge in [-0.3, -0.25) is 4.79 Å². The summed E-state index contributed by atoms with van der Waals surface area (Å²) >= 11 is 0. The number of allylic oxidation sites excluding steroid dienone is 1. The molecular weight excluding hydrogens is 230 g/mol. The summed E-state index contributed by atoms with van der Waals surface area (Å²) in [5.41, 5.74) is 6.66. The van der Waals surface area contributed by atoms with Gasteiger partial charge >= 0.3 is 0 Å². The summed E-state index contributed by atoms with van der Waals surface area (Å²) in [6.07, 6.45) is 3.64. The van der Waals surface area contributed by atoms with Gasteiger partial charge in [-0.25, -0.2) is 0 Å². The molecule has 0 bridgehead atoms. The van der Waals surface area contributed by atoms with E-state index in [0.717, 1.165) is 31.4 Å². The van der Waals surface area contributed by atoms with Crippen molar-refractivity contribution in [2.45, 2.75) is 51.6 Å². The highest BCUT2D eigenvalue weighted by Crippen LogP contribution is 1.98. The molecule has 4 N–H and O–H groups in total. The van der Waals surface area contributed by atoms with Gasteiger partial charge in [0.2, 0.25) is 5.91 Å². The van der Waals surface area contributed by atoms with Gasteiger partial charge in [-0.2, -0.15) is 0 Å². The Labute approximate surface area is 109 Å². The second-order valence-electron chi connectivity index (χ2n) is 4.50.